The Kier molecular flexibility index (Phi) is 5.09. The summed E-state index contributed by atoms with van der Waals surface area (Å²) in [6.45, 7) is 4.36. The Hall–Kier alpha value is -0.740. The van der Waals surface area contributed by atoms with Crippen LogP contribution in [0.25, 0.3) is 0 Å². The van der Waals surface area contributed by atoms with Gasteiger partial charge in [0, 0.05) is 9.50 Å². The van der Waals surface area contributed by atoms with Crippen LogP contribution in [0, 0.1) is 5.92 Å². The van der Waals surface area contributed by atoms with E-state index in [1.165, 1.54) is 0 Å². The third-order valence-electron chi connectivity index (χ3n) is 1.72. The summed E-state index contributed by atoms with van der Waals surface area (Å²) in [7, 11) is 0. The minimum atomic E-state index is -0.461. The minimum absolute atomic E-state index is 0.319. The summed E-state index contributed by atoms with van der Waals surface area (Å²) in [5.41, 5.74) is 0.637. The molecule has 1 rings (SSSR count). The van der Waals surface area contributed by atoms with Gasteiger partial charge in [-0.2, -0.15) is 0 Å². The summed E-state index contributed by atoms with van der Waals surface area (Å²) in [6, 6.07) is 5.12. The number of hydrogen-bond acceptors (Lipinski definition) is 2. The van der Waals surface area contributed by atoms with E-state index in [1.54, 1.807) is 18.2 Å². The minimum Gasteiger partial charge on any atom is -0.449 e. The maximum Gasteiger partial charge on any atom is 0.411 e. The number of hydrogen-bond donors (Lipinski definition) is 1. The summed E-state index contributed by atoms with van der Waals surface area (Å²) >= 11 is 9.08. The van der Waals surface area contributed by atoms with Crippen LogP contribution in [0.4, 0.5) is 10.5 Å². The lowest BCUT2D eigenvalue weighted by molar-refractivity contribution is 0.147. The standard InChI is InChI=1S/C11H13BrClNO2/c1-7(2)6-16-11(15)14-10-4-3-8(13)5-9(10)12/h3-5,7H,6H2,1-2H3,(H,14,15). The fourth-order valence-corrected chi connectivity index (χ4v) is 1.76. The molecule has 1 amide bonds. The number of anilines is 1. The predicted molar refractivity (Wildman–Crippen MR) is 69.0 cm³/mol. The van der Waals surface area contributed by atoms with Gasteiger partial charge in [0.25, 0.3) is 0 Å². The topological polar surface area (TPSA) is 38.3 Å². The maximum absolute atomic E-state index is 11.4. The largest absolute Gasteiger partial charge is 0.449 e. The van der Waals surface area contributed by atoms with Gasteiger partial charge in [-0.25, -0.2) is 4.79 Å². The molecule has 0 aromatic heterocycles. The van der Waals surface area contributed by atoms with Crippen LogP contribution in [0.2, 0.25) is 5.02 Å². The van der Waals surface area contributed by atoms with Crippen LogP contribution in [-0.4, -0.2) is 12.7 Å². The van der Waals surface area contributed by atoms with Crippen LogP contribution in [-0.2, 0) is 4.74 Å². The number of carbonyl (C=O) groups excluding carboxylic acids is 1. The lowest BCUT2D eigenvalue weighted by Gasteiger charge is -2.10. The Balaban J connectivity index is 2.56. The van der Waals surface area contributed by atoms with Gasteiger partial charge < -0.3 is 4.74 Å². The van der Waals surface area contributed by atoms with Crippen LogP contribution in [0.1, 0.15) is 13.8 Å². The van der Waals surface area contributed by atoms with E-state index in [-0.39, 0.29) is 0 Å². The van der Waals surface area contributed by atoms with Crippen LogP contribution in [0.5, 0.6) is 0 Å². The van der Waals surface area contributed by atoms with E-state index in [4.69, 9.17) is 16.3 Å². The molecule has 0 unspecified atom stereocenters. The van der Waals surface area contributed by atoms with Crippen molar-refractivity contribution in [3.05, 3.63) is 27.7 Å². The van der Waals surface area contributed by atoms with Gasteiger partial charge in [-0.3, -0.25) is 5.32 Å². The molecule has 1 aromatic rings. The lowest BCUT2D eigenvalue weighted by atomic mass is 10.2. The molecule has 16 heavy (non-hydrogen) atoms. The van der Waals surface area contributed by atoms with Crippen molar-refractivity contribution in [2.45, 2.75) is 13.8 Å². The monoisotopic (exact) mass is 305 g/mol. The number of halogens is 2. The Morgan fingerprint density at radius 3 is 2.81 bits per heavy atom. The average molecular weight is 307 g/mol. The molecular formula is C11H13BrClNO2. The van der Waals surface area contributed by atoms with Crippen molar-refractivity contribution in [1.29, 1.82) is 0 Å². The number of ether oxygens (including phenoxy) is 1. The zero-order chi connectivity index (χ0) is 12.1. The summed E-state index contributed by atoms with van der Waals surface area (Å²) in [6.07, 6.45) is -0.461. The molecule has 0 saturated carbocycles. The van der Waals surface area contributed by atoms with Crippen molar-refractivity contribution in [2.75, 3.05) is 11.9 Å². The Morgan fingerprint density at radius 2 is 2.25 bits per heavy atom. The average Bonchev–Trinajstić information content (AvgIpc) is 2.19. The molecule has 0 aliphatic rings. The molecule has 88 valence electrons. The van der Waals surface area contributed by atoms with Gasteiger partial charge >= 0.3 is 6.09 Å². The number of carbonyl (C=O) groups is 1. The lowest BCUT2D eigenvalue weighted by Crippen LogP contribution is -2.16. The molecule has 1 aromatic carbocycles. The van der Waals surface area contributed by atoms with E-state index >= 15 is 0 Å². The second kappa shape index (κ2) is 6.11. The highest BCUT2D eigenvalue weighted by Gasteiger charge is 2.07. The molecule has 0 radical (unpaired) electrons. The number of amides is 1. The number of benzene rings is 1. The molecule has 0 bridgehead atoms. The van der Waals surface area contributed by atoms with Gasteiger partial charge in [0.05, 0.1) is 12.3 Å². The van der Waals surface area contributed by atoms with E-state index in [9.17, 15) is 4.79 Å². The third-order valence-corrected chi connectivity index (χ3v) is 2.61. The summed E-state index contributed by atoms with van der Waals surface area (Å²) < 4.78 is 5.71. The van der Waals surface area contributed by atoms with Crippen molar-refractivity contribution in [1.82, 2.24) is 0 Å². The van der Waals surface area contributed by atoms with Gasteiger partial charge in [-0.15, -0.1) is 0 Å². The van der Waals surface area contributed by atoms with Gasteiger partial charge in [-0.05, 0) is 40.0 Å². The van der Waals surface area contributed by atoms with Crippen LogP contribution in [0.15, 0.2) is 22.7 Å². The maximum atomic E-state index is 11.4. The highest BCUT2D eigenvalue weighted by atomic mass is 79.9. The third kappa shape index (κ3) is 4.41. The zero-order valence-corrected chi connectivity index (χ0v) is 11.4. The molecule has 0 heterocycles. The van der Waals surface area contributed by atoms with Gasteiger partial charge in [0.2, 0.25) is 0 Å². The first-order valence-electron chi connectivity index (χ1n) is 4.88. The van der Waals surface area contributed by atoms with E-state index in [1.807, 2.05) is 13.8 Å². The molecule has 0 aliphatic carbocycles. The number of nitrogens with one attached hydrogen (secondary N) is 1. The van der Waals surface area contributed by atoms with E-state index < -0.39 is 6.09 Å². The smallest absolute Gasteiger partial charge is 0.411 e. The predicted octanol–water partition coefficient (Wildman–Crippen LogP) is 4.31. The summed E-state index contributed by atoms with van der Waals surface area (Å²) in [5.74, 6) is 0.319. The summed E-state index contributed by atoms with van der Waals surface area (Å²) in [4.78, 5) is 11.4. The first kappa shape index (κ1) is 13.3. The molecule has 0 saturated heterocycles. The van der Waals surface area contributed by atoms with Gasteiger partial charge in [0.15, 0.2) is 0 Å². The normalized spacial score (nSPS) is 10.3. The quantitative estimate of drug-likeness (QED) is 0.904. The fourth-order valence-electron chi connectivity index (χ4n) is 0.979. The SMILES string of the molecule is CC(C)COC(=O)Nc1ccc(Cl)cc1Br. The molecule has 0 spiro atoms. The molecule has 1 N–H and O–H groups in total. The molecule has 0 aliphatic heterocycles. The Labute approximate surface area is 108 Å². The van der Waals surface area contributed by atoms with Crippen molar-refractivity contribution in [3.8, 4) is 0 Å². The fraction of sp³-hybridized carbons (Fsp3) is 0.364. The first-order valence-corrected chi connectivity index (χ1v) is 6.05. The van der Waals surface area contributed by atoms with Crippen molar-refractivity contribution < 1.29 is 9.53 Å². The van der Waals surface area contributed by atoms with Gasteiger partial charge in [-0.1, -0.05) is 25.4 Å². The molecule has 5 heteroatoms. The molecular weight excluding hydrogens is 293 g/mol. The van der Waals surface area contributed by atoms with Crippen molar-refractivity contribution in [3.63, 3.8) is 0 Å². The Morgan fingerprint density at radius 1 is 1.56 bits per heavy atom. The zero-order valence-electron chi connectivity index (χ0n) is 9.09. The van der Waals surface area contributed by atoms with E-state index in [0.717, 1.165) is 4.47 Å². The van der Waals surface area contributed by atoms with Crippen molar-refractivity contribution >= 4 is 39.3 Å². The van der Waals surface area contributed by atoms with Crippen LogP contribution in [0.3, 0.4) is 0 Å². The summed E-state index contributed by atoms with van der Waals surface area (Å²) in [5, 5.41) is 3.23. The van der Waals surface area contributed by atoms with E-state index in [2.05, 4.69) is 21.2 Å². The molecule has 0 fully saturated rings. The van der Waals surface area contributed by atoms with E-state index in [0.29, 0.717) is 23.2 Å². The second-order valence-corrected chi connectivity index (χ2v) is 5.03. The first-order chi connectivity index (χ1) is 7.49. The second-order valence-electron chi connectivity index (χ2n) is 3.74. The molecule has 0 atom stereocenters. The Bertz CT molecular complexity index is 382. The highest BCUT2D eigenvalue weighted by Crippen LogP contribution is 2.25. The number of rotatable bonds is 3. The van der Waals surface area contributed by atoms with Gasteiger partial charge in [0.1, 0.15) is 0 Å². The highest BCUT2D eigenvalue weighted by molar-refractivity contribution is 9.10. The van der Waals surface area contributed by atoms with Crippen molar-refractivity contribution in [2.24, 2.45) is 5.92 Å². The molecule has 3 nitrogen and oxygen atoms in total. The van der Waals surface area contributed by atoms with Crippen LogP contribution >= 0.6 is 27.5 Å². The van der Waals surface area contributed by atoms with Crippen LogP contribution < -0.4 is 5.32 Å².